The summed E-state index contributed by atoms with van der Waals surface area (Å²) >= 11 is 0. The molecule has 0 saturated heterocycles. The lowest BCUT2D eigenvalue weighted by Gasteiger charge is -2.10. The third kappa shape index (κ3) is 8.05. The number of halogens is 1. The first-order chi connectivity index (χ1) is 4.85. The molecule has 0 amide bonds. The van der Waals surface area contributed by atoms with Gasteiger partial charge in [0, 0.05) is 8.80 Å². The topological polar surface area (TPSA) is 0 Å². The molecule has 0 rings (SSSR count). The summed E-state index contributed by atoms with van der Waals surface area (Å²) in [6.45, 7) is 6.95. The second-order valence-corrected chi connectivity index (χ2v) is 6.00. The zero-order valence-electron chi connectivity index (χ0n) is 8.15. The second-order valence-electron chi connectivity index (χ2n) is 3.00. The molecule has 11 heavy (non-hydrogen) atoms. The molecular weight excluding hydrogens is 155 g/mol. The first-order valence-corrected chi connectivity index (χ1v) is 6.80. The second kappa shape index (κ2) is 10.1. The highest BCUT2D eigenvalue weighted by atomic mass is 28.3. The van der Waals surface area contributed by atoms with Gasteiger partial charge in [0.15, 0.2) is 0 Å². The molecule has 0 unspecified atom stereocenters. The Kier molecular flexibility index (Phi) is 12.7. The zero-order valence-corrected chi connectivity index (χ0v) is 9.15. The molecule has 0 spiro atoms. The lowest BCUT2D eigenvalue weighted by atomic mass is 10.6. The maximum Gasteiger partial charge on any atom is 0.0478 e. The van der Waals surface area contributed by atoms with Crippen molar-refractivity contribution in [2.75, 3.05) is 0 Å². The SMILES string of the molecule is CCC[Si](CCC)CCC.F. The van der Waals surface area contributed by atoms with Crippen LogP contribution in [0.5, 0.6) is 0 Å². The molecule has 0 N–H and O–H groups in total. The van der Waals surface area contributed by atoms with E-state index >= 15 is 0 Å². The summed E-state index contributed by atoms with van der Waals surface area (Å²) in [6.07, 6.45) is 4.23. The largest absolute Gasteiger partial charge is 0.269 e. The van der Waals surface area contributed by atoms with Crippen LogP contribution in [0.15, 0.2) is 0 Å². The van der Waals surface area contributed by atoms with Gasteiger partial charge in [-0.15, -0.1) is 0 Å². The summed E-state index contributed by atoms with van der Waals surface area (Å²) in [5.74, 6) is 0. The maximum absolute atomic E-state index is 2.32. The van der Waals surface area contributed by atoms with E-state index in [1.807, 2.05) is 0 Å². The minimum Gasteiger partial charge on any atom is -0.269 e. The molecule has 0 heterocycles. The van der Waals surface area contributed by atoms with Gasteiger partial charge in [-0.3, -0.25) is 4.70 Å². The van der Waals surface area contributed by atoms with Crippen LogP contribution in [0.2, 0.25) is 18.1 Å². The molecule has 69 valence electrons. The minimum atomic E-state index is 0. The van der Waals surface area contributed by atoms with E-state index in [0.29, 0.717) is 0 Å². The van der Waals surface area contributed by atoms with E-state index in [1.54, 1.807) is 18.1 Å². The Balaban J connectivity index is 0. The van der Waals surface area contributed by atoms with Gasteiger partial charge in [-0.1, -0.05) is 58.2 Å². The summed E-state index contributed by atoms with van der Waals surface area (Å²) in [4.78, 5) is 0. The predicted octanol–water partition coefficient (Wildman–Crippen LogP) is 3.86. The molecular formula is C9H22FSi. The van der Waals surface area contributed by atoms with Gasteiger partial charge in [-0.05, 0) is 0 Å². The Bertz CT molecular complexity index is 52.3. The molecule has 0 atom stereocenters. The standard InChI is InChI=1S/C9H21Si.FH/c1-4-7-10(8-5-2)9-6-3;/h4-9H2,1-3H3;1H. The summed E-state index contributed by atoms with van der Waals surface area (Å²) in [5, 5.41) is 0. The molecule has 0 aromatic rings. The van der Waals surface area contributed by atoms with E-state index in [4.69, 9.17) is 0 Å². The van der Waals surface area contributed by atoms with E-state index in [0.717, 1.165) is 0 Å². The van der Waals surface area contributed by atoms with Crippen molar-refractivity contribution in [3.05, 3.63) is 0 Å². The average Bonchev–Trinajstić information content (AvgIpc) is 1.90. The van der Waals surface area contributed by atoms with E-state index in [2.05, 4.69) is 20.8 Å². The molecule has 0 bridgehead atoms. The van der Waals surface area contributed by atoms with Crippen LogP contribution < -0.4 is 0 Å². The van der Waals surface area contributed by atoms with E-state index in [1.165, 1.54) is 19.3 Å². The predicted molar refractivity (Wildman–Crippen MR) is 53.6 cm³/mol. The summed E-state index contributed by atoms with van der Waals surface area (Å²) in [6, 6.07) is 4.64. The lowest BCUT2D eigenvalue weighted by Crippen LogP contribution is -2.09. The van der Waals surface area contributed by atoms with Gasteiger partial charge in [0.05, 0.1) is 0 Å². The van der Waals surface area contributed by atoms with Crippen molar-refractivity contribution in [1.29, 1.82) is 0 Å². The Morgan fingerprint density at radius 3 is 1.18 bits per heavy atom. The summed E-state index contributed by atoms with van der Waals surface area (Å²) in [7, 11) is 0.103. The van der Waals surface area contributed by atoms with Gasteiger partial charge in [-0.2, -0.15) is 0 Å². The highest BCUT2D eigenvalue weighted by Gasteiger charge is 2.05. The van der Waals surface area contributed by atoms with Crippen LogP contribution in [0.4, 0.5) is 4.70 Å². The van der Waals surface area contributed by atoms with Crippen molar-refractivity contribution in [2.24, 2.45) is 0 Å². The Morgan fingerprint density at radius 1 is 0.727 bits per heavy atom. The number of rotatable bonds is 6. The molecule has 0 saturated carbocycles. The van der Waals surface area contributed by atoms with Crippen LogP contribution in [0.25, 0.3) is 0 Å². The lowest BCUT2D eigenvalue weighted by molar-refractivity contribution is 0.957. The zero-order chi connectivity index (χ0) is 7.82. The smallest absolute Gasteiger partial charge is 0.0478 e. The molecule has 0 aliphatic carbocycles. The molecule has 0 aromatic carbocycles. The van der Waals surface area contributed by atoms with Crippen LogP contribution in [-0.4, -0.2) is 8.80 Å². The summed E-state index contributed by atoms with van der Waals surface area (Å²) in [5.41, 5.74) is 0. The van der Waals surface area contributed by atoms with Gasteiger partial charge in [0.2, 0.25) is 0 Å². The third-order valence-corrected chi connectivity index (χ3v) is 5.43. The van der Waals surface area contributed by atoms with Crippen LogP contribution in [0, 0.1) is 0 Å². The molecule has 0 aliphatic heterocycles. The average molecular weight is 177 g/mol. The van der Waals surface area contributed by atoms with Crippen molar-refractivity contribution in [1.82, 2.24) is 0 Å². The highest BCUT2D eigenvalue weighted by Crippen LogP contribution is 2.11. The molecule has 0 aromatic heterocycles. The van der Waals surface area contributed by atoms with Crippen molar-refractivity contribution >= 4 is 8.80 Å². The van der Waals surface area contributed by atoms with Gasteiger partial charge < -0.3 is 0 Å². The van der Waals surface area contributed by atoms with E-state index in [9.17, 15) is 0 Å². The fourth-order valence-electron chi connectivity index (χ4n) is 1.44. The fraction of sp³-hybridized carbons (Fsp3) is 1.00. The number of hydrogen-bond acceptors (Lipinski definition) is 0. The Morgan fingerprint density at radius 2 is 1.00 bits per heavy atom. The summed E-state index contributed by atoms with van der Waals surface area (Å²) < 4.78 is 0. The van der Waals surface area contributed by atoms with Crippen LogP contribution >= 0.6 is 0 Å². The minimum absolute atomic E-state index is 0. The van der Waals surface area contributed by atoms with Crippen LogP contribution in [0.3, 0.4) is 0 Å². The molecule has 1 radical (unpaired) electrons. The van der Waals surface area contributed by atoms with Gasteiger partial charge >= 0.3 is 0 Å². The van der Waals surface area contributed by atoms with Gasteiger partial charge in [0.25, 0.3) is 0 Å². The van der Waals surface area contributed by atoms with Crippen molar-refractivity contribution in [2.45, 2.75) is 58.2 Å². The van der Waals surface area contributed by atoms with Crippen molar-refractivity contribution < 1.29 is 4.70 Å². The monoisotopic (exact) mass is 177 g/mol. The quantitative estimate of drug-likeness (QED) is 0.540. The number of hydrogen-bond donors (Lipinski definition) is 0. The van der Waals surface area contributed by atoms with E-state index in [-0.39, 0.29) is 13.5 Å². The first-order valence-electron chi connectivity index (χ1n) is 4.68. The van der Waals surface area contributed by atoms with E-state index < -0.39 is 0 Å². The molecule has 0 aliphatic rings. The van der Waals surface area contributed by atoms with Crippen LogP contribution in [0.1, 0.15) is 40.0 Å². The molecule has 0 nitrogen and oxygen atoms in total. The van der Waals surface area contributed by atoms with Gasteiger partial charge in [0.1, 0.15) is 0 Å². The van der Waals surface area contributed by atoms with Gasteiger partial charge in [-0.25, -0.2) is 0 Å². The molecule has 0 fully saturated rings. The fourth-order valence-corrected chi connectivity index (χ4v) is 4.31. The normalized spacial score (nSPS) is 9.82. The van der Waals surface area contributed by atoms with Crippen molar-refractivity contribution in [3.63, 3.8) is 0 Å². The maximum atomic E-state index is 2.32. The van der Waals surface area contributed by atoms with Crippen molar-refractivity contribution in [3.8, 4) is 0 Å². The Hall–Kier alpha value is 0.147. The highest BCUT2D eigenvalue weighted by molar-refractivity contribution is 6.58. The first kappa shape index (κ1) is 13.7. The molecule has 2 heteroatoms. The third-order valence-electron chi connectivity index (χ3n) is 1.81. The Labute approximate surface area is 72.4 Å². The van der Waals surface area contributed by atoms with Crippen LogP contribution in [-0.2, 0) is 0 Å².